The summed E-state index contributed by atoms with van der Waals surface area (Å²) >= 11 is 0. The predicted octanol–water partition coefficient (Wildman–Crippen LogP) is 5.66. The number of hydrogen-bond acceptors (Lipinski definition) is 5. The molecule has 2 aromatic carbocycles. The van der Waals surface area contributed by atoms with E-state index >= 15 is 0 Å². The Hall–Kier alpha value is -2.65. The quantitative estimate of drug-likeness (QED) is 0.155. The molecule has 1 N–H and O–H groups in total. The molecule has 0 amide bonds. The van der Waals surface area contributed by atoms with Crippen LogP contribution in [0.25, 0.3) is 0 Å². The van der Waals surface area contributed by atoms with Crippen LogP contribution in [0, 0.1) is 29.1 Å². The molecule has 0 heterocycles. The maximum atomic E-state index is 14.1. The number of carbonyl (C=O) groups excluding carboxylic acids is 1. The van der Waals surface area contributed by atoms with Gasteiger partial charge in [-0.25, -0.2) is 17.7 Å². The fourth-order valence-corrected chi connectivity index (χ4v) is 4.01. The van der Waals surface area contributed by atoms with E-state index < -0.39 is 60.7 Å². The summed E-state index contributed by atoms with van der Waals surface area (Å²) in [5.74, 6) is -14.6. The maximum Gasteiger partial charge on any atom is 0.513 e. The normalized spacial score (nSPS) is 14.0. The molecule has 0 spiro atoms. The summed E-state index contributed by atoms with van der Waals surface area (Å²) in [7, 11) is -4.93. The van der Waals surface area contributed by atoms with Crippen molar-refractivity contribution in [2.75, 3.05) is 0 Å². The van der Waals surface area contributed by atoms with Gasteiger partial charge < -0.3 is 13.8 Å². The van der Waals surface area contributed by atoms with Gasteiger partial charge in [-0.15, -0.1) is 0 Å². The first-order valence-corrected chi connectivity index (χ1v) is 11.1. The van der Waals surface area contributed by atoms with Crippen LogP contribution < -0.4 is 14.1 Å². The summed E-state index contributed by atoms with van der Waals surface area (Å²) in [5.41, 5.74) is 0. The molecular weight excluding hydrogens is 460 g/mol. The van der Waals surface area contributed by atoms with Crippen LogP contribution in [0.1, 0.15) is 33.6 Å². The Labute approximate surface area is 181 Å². The number of rotatable bonds is 10. The van der Waals surface area contributed by atoms with Crippen molar-refractivity contribution < 1.29 is 45.1 Å². The molecule has 0 aliphatic rings. The van der Waals surface area contributed by atoms with E-state index in [0.29, 0.717) is 12.8 Å². The summed E-state index contributed by atoms with van der Waals surface area (Å²) in [6.45, 7) is 4.75. The fourth-order valence-electron chi connectivity index (χ4n) is 2.49. The van der Waals surface area contributed by atoms with E-state index in [9.17, 15) is 31.3 Å². The number of carbonyl (C=O) groups is 1. The highest BCUT2D eigenvalue weighted by molar-refractivity contribution is 7.52. The van der Waals surface area contributed by atoms with E-state index in [1.54, 1.807) is 19.9 Å². The summed E-state index contributed by atoms with van der Waals surface area (Å²) in [5, 5.41) is 2.12. The summed E-state index contributed by atoms with van der Waals surface area (Å²) in [4.78, 5) is 12.3. The van der Waals surface area contributed by atoms with Gasteiger partial charge >= 0.3 is 13.7 Å². The van der Waals surface area contributed by atoms with Crippen molar-refractivity contribution >= 4 is 13.7 Å². The molecule has 2 atom stereocenters. The van der Waals surface area contributed by atoms with Gasteiger partial charge in [0.25, 0.3) is 0 Å². The first-order valence-electron chi connectivity index (χ1n) is 9.56. The minimum atomic E-state index is -4.93. The lowest BCUT2D eigenvalue weighted by molar-refractivity contribution is -0.151. The SMILES string of the molecule is CCC(CC)OC(=O)[C@H](C)NP(=O)(Oc1ccccc1)Oc1c(F)c(F)c(F)c(F)c1F. The number of ether oxygens (including phenoxy) is 1. The van der Waals surface area contributed by atoms with E-state index in [0.717, 1.165) is 0 Å². The Bertz CT molecular complexity index is 975. The molecule has 0 aliphatic carbocycles. The average molecular weight is 481 g/mol. The van der Waals surface area contributed by atoms with Crippen LogP contribution in [0.15, 0.2) is 30.3 Å². The lowest BCUT2D eigenvalue weighted by Gasteiger charge is -2.24. The van der Waals surface area contributed by atoms with Gasteiger partial charge in [-0.3, -0.25) is 4.79 Å². The second-order valence-corrected chi connectivity index (χ2v) is 8.24. The van der Waals surface area contributed by atoms with Crippen molar-refractivity contribution in [1.29, 1.82) is 0 Å². The van der Waals surface area contributed by atoms with E-state index in [2.05, 4.69) is 9.61 Å². The molecule has 12 heteroatoms. The van der Waals surface area contributed by atoms with Gasteiger partial charge in [-0.2, -0.15) is 13.9 Å². The lowest BCUT2D eigenvalue weighted by atomic mass is 10.2. The van der Waals surface area contributed by atoms with Crippen molar-refractivity contribution in [1.82, 2.24) is 5.09 Å². The highest BCUT2D eigenvalue weighted by atomic mass is 31.2. The van der Waals surface area contributed by atoms with Gasteiger partial charge in [0.05, 0.1) is 0 Å². The Morgan fingerprint density at radius 3 is 1.91 bits per heavy atom. The van der Waals surface area contributed by atoms with Crippen LogP contribution in [0.5, 0.6) is 11.5 Å². The average Bonchev–Trinajstić information content (AvgIpc) is 2.78. The Kier molecular flexibility index (Phi) is 8.63. The van der Waals surface area contributed by atoms with E-state index in [1.807, 2.05) is 0 Å². The van der Waals surface area contributed by atoms with E-state index in [4.69, 9.17) is 9.26 Å². The first kappa shape index (κ1) is 25.6. The Morgan fingerprint density at radius 1 is 0.906 bits per heavy atom. The second-order valence-electron chi connectivity index (χ2n) is 6.62. The minimum Gasteiger partial charge on any atom is -0.461 e. The van der Waals surface area contributed by atoms with Crippen molar-refractivity contribution in [3.8, 4) is 11.5 Å². The van der Waals surface area contributed by atoms with Crippen LogP contribution in [0.3, 0.4) is 0 Å². The monoisotopic (exact) mass is 481 g/mol. The maximum absolute atomic E-state index is 14.1. The number of nitrogens with one attached hydrogen (secondary N) is 1. The molecule has 1 unspecified atom stereocenters. The smallest absolute Gasteiger partial charge is 0.461 e. The molecule has 0 aliphatic heterocycles. The van der Waals surface area contributed by atoms with Crippen LogP contribution in [-0.2, 0) is 14.1 Å². The van der Waals surface area contributed by atoms with Crippen LogP contribution in [0.2, 0.25) is 0 Å². The van der Waals surface area contributed by atoms with Gasteiger partial charge in [-0.1, -0.05) is 32.0 Å². The van der Waals surface area contributed by atoms with Gasteiger partial charge in [0.2, 0.25) is 34.8 Å². The lowest BCUT2D eigenvalue weighted by Crippen LogP contribution is -2.37. The standard InChI is InChI=1S/C20H21F5NO5P/c1-4-12(5-2)29-20(27)11(3)26-32(28,30-13-9-7-6-8-10-13)31-19-17(24)15(22)14(21)16(23)18(19)25/h6-12H,4-5H2,1-3H3,(H,26,28)/t11-,32?/m0/s1. The van der Waals surface area contributed by atoms with E-state index in [1.165, 1.54) is 31.2 Å². The number of esters is 1. The van der Waals surface area contributed by atoms with Crippen LogP contribution >= 0.6 is 7.75 Å². The molecule has 2 aromatic rings. The van der Waals surface area contributed by atoms with Gasteiger partial charge in [0.1, 0.15) is 17.9 Å². The Balaban J connectivity index is 2.41. The number of hydrogen-bond donors (Lipinski definition) is 1. The Morgan fingerprint density at radius 2 is 1.41 bits per heavy atom. The fraction of sp³-hybridized carbons (Fsp3) is 0.350. The molecule has 0 saturated heterocycles. The summed E-state index contributed by atoms with van der Waals surface area (Å²) < 4.78 is 96.9. The molecule has 2 rings (SSSR count). The molecule has 0 radical (unpaired) electrons. The number of halogens is 5. The third kappa shape index (κ3) is 5.98. The third-order valence-electron chi connectivity index (χ3n) is 4.25. The molecular formula is C20H21F5NO5P. The molecule has 176 valence electrons. The summed E-state index contributed by atoms with van der Waals surface area (Å²) in [6.07, 6.45) is 0.542. The van der Waals surface area contributed by atoms with E-state index in [-0.39, 0.29) is 5.75 Å². The van der Waals surface area contributed by atoms with Gasteiger partial charge in [-0.05, 0) is 31.9 Å². The molecule has 0 bridgehead atoms. The molecule has 0 saturated carbocycles. The van der Waals surface area contributed by atoms with Gasteiger partial charge in [0, 0.05) is 0 Å². The third-order valence-corrected chi connectivity index (χ3v) is 5.83. The second kappa shape index (κ2) is 10.8. The van der Waals surface area contributed by atoms with Crippen LogP contribution in [-0.4, -0.2) is 18.1 Å². The molecule has 6 nitrogen and oxygen atoms in total. The molecule has 0 fully saturated rings. The molecule has 32 heavy (non-hydrogen) atoms. The zero-order chi connectivity index (χ0) is 24.1. The first-order chi connectivity index (χ1) is 15.0. The van der Waals surface area contributed by atoms with Gasteiger partial charge in [0.15, 0.2) is 0 Å². The number of para-hydroxylation sites is 1. The number of benzene rings is 2. The zero-order valence-corrected chi connectivity index (χ0v) is 18.2. The highest BCUT2D eigenvalue weighted by Crippen LogP contribution is 2.47. The van der Waals surface area contributed by atoms with Crippen molar-refractivity contribution in [3.05, 3.63) is 59.4 Å². The minimum absolute atomic E-state index is 0.132. The highest BCUT2D eigenvalue weighted by Gasteiger charge is 2.38. The largest absolute Gasteiger partial charge is 0.513 e. The predicted molar refractivity (Wildman–Crippen MR) is 105 cm³/mol. The van der Waals surface area contributed by atoms with Crippen molar-refractivity contribution in [3.63, 3.8) is 0 Å². The van der Waals surface area contributed by atoms with Crippen LogP contribution in [0.4, 0.5) is 22.0 Å². The van der Waals surface area contributed by atoms with Crippen molar-refractivity contribution in [2.45, 2.75) is 45.8 Å². The summed E-state index contributed by atoms with van der Waals surface area (Å²) in [6, 6.07) is 5.69. The zero-order valence-electron chi connectivity index (χ0n) is 17.3. The topological polar surface area (TPSA) is 73.9 Å². The van der Waals surface area contributed by atoms with Crippen molar-refractivity contribution in [2.24, 2.45) is 0 Å². The molecule has 0 aromatic heterocycles.